The number of hydrogen-bond acceptors (Lipinski definition) is 5. The Balaban J connectivity index is 1.37. The van der Waals surface area contributed by atoms with Gasteiger partial charge >= 0.3 is 0 Å². The van der Waals surface area contributed by atoms with Crippen LogP contribution in [0.4, 0.5) is 10.1 Å². The summed E-state index contributed by atoms with van der Waals surface area (Å²) in [4.78, 5) is 12.2. The van der Waals surface area contributed by atoms with Gasteiger partial charge in [0.1, 0.15) is 11.5 Å². The number of benzene rings is 3. The summed E-state index contributed by atoms with van der Waals surface area (Å²) >= 11 is 0. The van der Waals surface area contributed by atoms with Crippen LogP contribution in [-0.2, 0) is 6.54 Å². The van der Waals surface area contributed by atoms with Gasteiger partial charge in [0, 0.05) is 47.9 Å². The predicted molar refractivity (Wildman–Crippen MR) is 166 cm³/mol. The Kier molecular flexibility index (Phi) is 7.26. The van der Waals surface area contributed by atoms with Crippen molar-refractivity contribution in [2.24, 2.45) is 0 Å². The first-order valence-electron chi connectivity index (χ1n) is 13.7. The molecule has 0 bridgehead atoms. The zero-order valence-corrected chi connectivity index (χ0v) is 23.8. The van der Waals surface area contributed by atoms with Crippen LogP contribution >= 0.6 is 0 Å². The number of fused-ring (bicyclic) bond motifs is 2. The van der Waals surface area contributed by atoms with E-state index in [1.54, 1.807) is 18.5 Å². The van der Waals surface area contributed by atoms with Crippen LogP contribution in [0.3, 0.4) is 0 Å². The maximum absolute atomic E-state index is 14.7. The Morgan fingerprint density at radius 3 is 2.49 bits per heavy atom. The first-order chi connectivity index (χ1) is 19.8. The molecule has 6 aromatic rings. The van der Waals surface area contributed by atoms with Crippen molar-refractivity contribution in [1.29, 1.82) is 0 Å². The van der Waals surface area contributed by atoms with Gasteiger partial charge in [-0.3, -0.25) is 10.1 Å². The summed E-state index contributed by atoms with van der Waals surface area (Å²) < 4.78 is 14.7. The van der Waals surface area contributed by atoms with Gasteiger partial charge in [0.25, 0.3) is 0 Å². The lowest BCUT2D eigenvalue weighted by Crippen LogP contribution is -2.20. The topological polar surface area (TPSA) is 75.9 Å². The number of pyridine rings is 1. The molecule has 8 heteroatoms. The third-order valence-electron chi connectivity index (χ3n) is 7.22. The van der Waals surface area contributed by atoms with Crippen LogP contribution in [0.25, 0.3) is 55.4 Å². The number of aromatic nitrogens is 4. The van der Waals surface area contributed by atoms with E-state index < -0.39 is 0 Å². The van der Waals surface area contributed by atoms with E-state index in [1.807, 2.05) is 20.2 Å². The number of nitrogens with zero attached hydrogens (tertiary/aromatic N) is 4. The van der Waals surface area contributed by atoms with E-state index in [0.29, 0.717) is 0 Å². The van der Waals surface area contributed by atoms with E-state index in [9.17, 15) is 4.39 Å². The number of anilines is 1. The molecule has 6 rings (SSSR count). The van der Waals surface area contributed by atoms with Crippen LogP contribution in [0, 0.1) is 5.82 Å². The maximum Gasteiger partial charge on any atom is 0.125 e. The number of halogens is 1. The minimum absolute atomic E-state index is 0.289. The lowest BCUT2D eigenvalue weighted by molar-refractivity contribution is 0.402. The SMILES string of the molecule is CN(C)CCNc1cc(F)cc(-c2cncc3[nH]c(-c4n[nH]c5ccc(-c6cccc(CN(C)C)c6)cc45)cc23)c1. The second kappa shape index (κ2) is 11.2. The standard InChI is InChI=1S/C33H34FN7/c1-40(2)11-10-36-26-14-24(13-25(34)16-26)29-18-35-19-32-27(29)17-31(37-32)33-28-15-23(8-9-30(28)38-39-33)22-7-5-6-21(12-22)20-41(3)4/h5-9,12-19,36-37H,10-11,20H2,1-4H3,(H,38,39). The number of rotatable bonds is 9. The minimum atomic E-state index is -0.289. The monoisotopic (exact) mass is 547 g/mol. The average molecular weight is 548 g/mol. The Labute approximate surface area is 239 Å². The fraction of sp³-hybridized carbons (Fsp3) is 0.212. The first-order valence-corrected chi connectivity index (χ1v) is 13.7. The molecule has 0 aliphatic carbocycles. The van der Waals surface area contributed by atoms with Gasteiger partial charge < -0.3 is 20.1 Å². The highest BCUT2D eigenvalue weighted by Crippen LogP contribution is 2.36. The molecule has 0 amide bonds. The Hall–Kier alpha value is -4.53. The van der Waals surface area contributed by atoms with Crippen LogP contribution in [0.15, 0.2) is 79.1 Å². The molecule has 0 aliphatic rings. The number of aromatic amines is 2. The van der Waals surface area contributed by atoms with E-state index in [-0.39, 0.29) is 5.82 Å². The van der Waals surface area contributed by atoms with Gasteiger partial charge in [-0.05, 0) is 92.9 Å². The molecule has 3 heterocycles. The van der Waals surface area contributed by atoms with Gasteiger partial charge in [-0.2, -0.15) is 5.10 Å². The zero-order valence-electron chi connectivity index (χ0n) is 23.8. The second-order valence-electron chi connectivity index (χ2n) is 11.1. The van der Waals surface area contributed by atoms with Gasteiger partial charge in [0.15, 0.2) is 0 Å². The molecule has 0 fully saturated rings. The van der Waals surface area contributed by atoms with Gasteiger partial charge in [0.05, 0.1) is 22.9 Å². The number of likely N-dealkylation sites (N-methyl/N-ethyl adjacent to an activating group) is 1. The van der Waals surface area contributed by atoms with Crippen LogP contribution < -0.4 is 5.32 Å². The van der Waals surface area contributed by atoms with Crippen molar-refractivity contribution in [1.82, 2.24) is 30.0 Å². The summed E-state index contributed by atoms with van der Waals surface area (Å²) in [6, 6.07) is 22.2. The Morgan fingerprint density at radius 1 is 0.805 bits per heavy atom. The molecule has 41 heavy (non-hydrogen) atoms. The maximum atomic E-state index is 14.7. The Morgan fingerprint density at radius 2 is 1.66 bits per heavy atom. The molecule has 0 saturated heterocycles. The summed E-state index contributed by atoms with van der Waals surface area (Å²) in [7, 11) is 8.19. The molecule has 3 N–H and O–H groups in total. The van der Waals surface area contributed by atoms with E-state index in [2.05, 4.69) is 97.9 Å². The summed E-state index contributed by atoms with van der Waals surface area (Å²) in [5, 5.41) is 13.2. The van der Waals surface area contributed by atoms with Gasteiger partial charge in [0.2, 0.25) is 0 Å². The van der Waals surface area contributed by atoms with Crippen molar-refractivity contribution in [3.05, 3.63) is 90.5 Å². The second-order valence-corrected chi connectivity index (χ2v) is 11.1. The highest BCUT2D eigenvalue weighted by molar-refractivity contribution is 6.01. The smallest absolute Gasteiger partial charge is 0.125 e. The third kappa shape index (κ3) is 5.70. The van der Waals surface area contributed by atoms with Crippen molar-refractivity contribution in [2.45, 2.75) is 6.54 Å². The molecular formula is C33H34FN7. The summed E-state index contributed by atoms with van der Waals surface area (Å²) in [5.74, 6) is -0.289. The summed E-state index contributed by atoms with van der Waals surface area (Å²) in [6.07, 6.45) is 3.59. The quantitative estimate of drug-likeness (QED) is 0.190. The molecule has 208 valence electrons. The first kappa shape index (κ1) is 26.7. The van der Waals surface area contributed by atoms with Crippen LogP contribution in [0.1, 0.15) is 5.56 Å². The van der Waals surface area contributed by atoms with E-state index in [4.69, 9.17) is 0 Å². The van der Waals surface area contributed by atoms with E-state index in [0.717, 1.165) is 75.2 Å². The highest BCUT2D eigenvalue weighted by Gasteiger charge is 2.16. The van der Waals surface area contributed by atoms with Crippen molar-refractivity contribution < 1.29 is 4.39 Å². The highest BCUT2D eigenvalue weighted by atomic mass is 19.1. The molecule has 0 unspecified atom stereocenters. The van der Waals surface area contributed by atoms with Gasteiger partial charge in [-0.15, -0.1) is 0 Å². The minimum Gasteiger partial charge on any atom is -0.384 e. The van der Waals surface area contributed by atoms with E-state index in [1.165, 1.54) is 17.2 Å². The number of nitrogens with one attached hydrogen (secondary N) is 3. The molecule has 0 spiro atoms. The van der Waals surface area contributed by atoms with Crippen molar-refractivity contribution in [3.63, 3.8) is 0 Å². The summed E-state index contributed by atoms with van der Waals surface area (Å²) in [5.41, 5.74) is 9.48. The van der Waals surface area contributed by atoms with Crippen molar-refractivity contribution >= 4 is 27.5 Å². The fourth-order valence-electron chi connectivity index (χ4n) is 5.29. The molecule has 0 aliphatic heterocycles. The number of hydrogen-bond donors (Lipinski definition) is 3. The normalized spacial score (nSPS) is 11.8. The van der Waals surface area contributed by atoms with Crippen LogP contribution in [0.5, 0.6) is 0 Å². The molecule has 0 saturated carbocycles. The van der Waals surface area contributed by atoms with Crippen molar-refractivity contribution in [2.75, 3.05) is 46.6 Å². The van der Waals surface area contributed by atoms with Gasteiger partial charge in [-0.1, -0.05) is 24.3 Å². The lowest BCUT2D eigenvalue weighted by Gasteiger charge is -2.13. The zero-order chi connectivity index (χ0) is 28.5. The van der Waals surface area contributed by atoms with E-state index >= 15 is 0 Å². The molecule has 7 nitrogen and oxygen atoms in total. The fourth-order valence-corrected chi connectivity index (χ4v) is 5.29. The van der Waals surface area contributed by atoms with Crippen molar-refractivity contribution in [3.8, 4) is 33.6 Å². The molecule has 0 atom stereocenters. The van der Waals surface area contributed by atoms with Crippen LogP contribution in [-0.4, -0.2) is 71.2 Å². The molecule has 0 radical (unpaired) electrons. The molecule has 3 aromatic heterocycles. The third-order valence-corrected chi connectivity index (χ3v) is 7.22. The number of H-pyrrole nitrogens is 2. The average Bonchev–Trinajstić information content (AvgIpc) is 3.56. The largest absolute Gasteiger partial charge is 0.384 e. The lowest BCUT2D eigenvalue weighted by atomic mass is 10.00. The van der Waals surface area contributed by atoms with Crippen LogP contribution in [0.2, 0.25) is 0 Å². The molecule has 3 aromatic carbocycles. The predicted octanol–water partition coefficient (Wildman–Crippen LogP) is 6.61. The Bertz CT molecular complexity index is 1830. The summed E-state index contributed by atoms with van der Waals surface area (Å²) in [6.45, 7) is 2.46. The van der Waals surface area contributed by atoms with Gasteiger partial charge in [-0.25, -0.2) is 4.39 Å². The molecular weight excluding hydrogens is 513 g/mol.